The highest BCUT2D eigenvalue weighted by atomic mass is 35.5. The number of hydrogen-bond donors (Lipinski definition) is 1. The summed E-state index contributed by atoms with van der Waals surface area (Å²) in [5.41, 5.74) is 2.75. The molecule has 0 atom stereocenters. The summed E-state index contributed by atoms with van der Waals surface area (Å²) in [5, 5.41) is 12.3. The molecule has 2 aromatic rings. The number of carbonyl (C=O) groups excluding carboxylic acids is 1. The van der Waals surface area contributed by atoms with Gasteiger partial charge in [0.1, 0.15) is 0 Å². The SMILES string of the molecule is COC(=O)c1cc(NCc2ccc(C#N)cc2)ccc1Cl. The molecule has 0 radical (unpaired) electrons. The van der Waals surface area contributed by atoms with Crippen LogP contribution in [0.5, 0.6) is 0 Å². The highest BCUT2D eigenvalue weighted by molar-refractivity contribution is 6.33. The van der Waals surface area contributed by atoms with E-state index in [-0.39, 0.29) is 0 Å². The van der Waals surface area contributed by atoms with Gasteiger partial charge in [-0.15, -0.1) is 0 Å². The molecule has 0 unspecified atom stereocenters. The maximum Gasteiger partial charge on any atom is 0.339 e. The van der Waals surface area contributed by atoms with Gasteiger partial charge in [-0.2, -0.15) is 5.26 Å². The van der Waals surface area contributed by atoms with Crippen LogP contribution in [0.4, 0.5) is 5.69 Å². The van der Waals surface area contributed by atoms with Crippen molar-refractivity contribution in [3.8, 4) is 6.07 Å². The molecule has 0 aliphatic heterocycles. The van der Waals surface area contributed by atoms with E-state index in [4.69, 9.17) is 16.9 Å². The molecule has 0 heterocycles. The molecule has 21 heavy (non-hydrogen) atoms. The number of methoxy groups -OCH3 is 1. The molecule has 0 aliphatic carbocycles. The number of nitriles is 1. The molecule has 5 heteroatoms. The molecule has 0 spiro atoms. The van der Waals surface area contributed by atoms with E-state index in [1.165, 1.54) is 7.11 Å². The Bertz CT molecular complexity index is 690. The van der Waals surface area contributed by atoms with E-state index in [9.17, 15) is 4.79 Å². The van der Waals surface area contributed by atoms with Gasteiger partial charge >= 0.3 is 5.97 Å². The van der Waals surface area contributed by atoms with Crippen molar-refractivity contribution < 1.29 is 9.53 Å². The maximum absolute atomic E-state index is 11.6. The molecule has 0 aliphatic rings. The van der Waals surface area contributed by atoms with Gasteiger partial charge in [-0.3, -0.25) is 0 Å². The third-order valence-corrected chi connectivity index (χ3v) is 3.28. The van der Waals surface area contributed by atoms with Crippen LogP contribution in [-0.4, -0.2) is 13.1 Å². The van der Waals surface area contributed by atoms with Crippen molar-refractivity contribution in [3.63, 3.8) is 0 Å². The van der Waals surface area contributed by atoms with Crippen LogP contribution in [0.3, 0.4) is 0 Å². The van der Waals surface area contributed by atoms with Gasteiger partial charge < -0.3 is 10.1 Å². The van der Waals surface area contributed by atoms with E-state index >= 15 is 0 Å². The fraction of sp³-hybridized carbons (Fsp3) is 0.125. The second-order valence-corrected chi connectivity index (χ2v) is 4.76. The minimum Gasteiger partial charge on any atom is -0.465 e. The van der Waals surface area contributed by atoms with Crippen LogP contribution < -0.4 is 5.32 Å². The highest BCUT2D eigenvalue weighted by Crippen LogP contribution is 2.21. The lowest BCUT2D eigenvalue weighted by atomic mass is 10.1. The van der Waals surface area contributed by atoms with Crippen LogP contribution in [0.15, 0.2) is 42.5 Å². The minimum atomic E-state index is -0.470. The first-order valence-corrected chi connectivity index (χ1v) is 6.62. The third kappa shape index (κ3) is 3.74. The second kappa shape index (κ2) is 6.78. The first-order chi connectivity index (χ1) is 10.1. The number of carbonyl (C=O) groups is 1. The van der Waals surface area contributed by atoms with E-state index in [2.05, 4.69) is 16.1 Å². The molecule has 0 aromatic heterocycles. The number of anilines is 1. The largest absolute Gasteiger partial charge is 0.465 e. The molecule has 0 fully saturated rings. The molecular formula is C16H13ClN2O2. The summed E-state index contributed by atoms with van der Waals surface area (Å²) in [6.07, 6.45) is 0. The van der Waals surface area contributed by atoms with Gasteiger partial charge in [0.2, 0.25) is 0 Å². The molecule has 2 aromatic carbocycles. The van der Waals surface area contributed by atoms with E-state index in [1.54, 1.807) is 30.3 Å². The average Bonchev–Trinajstić information content (AvgIpc) is 2.53. The van der Waals surface area contributed by atoms with Crippen LogP contribution in [0.1, 0.15) is 21.5 Å². The monoisotopic (exact) mass is 300 g/mol. The zero-order chi connectivity index (χ0) is 15.2. The summed E-state index contributed by atoms with van der Waals surface area (Å²) in [4.78, 5) is 11.6. The quantitative estimate of drug-likeness (QED) is 0.876. The topological polar surface area (TPSA) is 62.1 Å². The average molecular weight is 301 g/mol. The summed E-state index contributed by atoms with van der Waals surface area (Å²) in [6.45, 7) is 0.577. The molecule has 2 rings (SSSR count). The van der Waals surface area contributed by atoms with Crippen LogP contribution in [0.2, 0.25) is 5.02 Å². The number of benzene rings is 2. The Morgan fingerprint density at radius 3 is 2.62 bits per heavy atom. The molecule has 106 valence electrons. The normalized spacial score (nSPS) is 9.76. The van der Waals surface area contributed by atoms with Crippen molar-refractivity contribution in [2.75, 3.05) is 12.4 Å². The Hall–Kier alpha value is -2.51. The Labute approximate surface area is 127 Å². The number of rotatable bonds is 4. The fourth-order valence-electron chi connectivity index (χ4n) is 1.80. The van der Waals surface area contributed by atoms with Crippen molar-refractivity contribution in [2.24, 2.45) is 0 Å². The standard InChI is InChI=1S/C16H13ClN2O2/c1-21-16(20)14-8-13(6-7-15(14)17)19-10-12-4-2-11(9-18)3-5-12/h2-8,19H,10H2,1H3. The van der Waals surface area contributed by atoms with E-state index in [1.807, 2.05) is 12.1 Å². The lowest BCUT2D eigenvalue weighted by molar-refractivity contribution is 0.0601. The van der Waals surface area contributed by atoms with Crippen molar-refractivity contribution in [2.45, 2.75) is 6.54 Å². The van der Waals surface area contributed by atoms with Gasteiger partial charge in [0.25, 0.3) is 0 Å². The zero-order valence-corrected chi connectivity index (χ0v) is 12.1. The Morgan fingerprint density at radius 1 is 1.29 bits per heavy atom. The first-order valence-electron chi connectivity index (χ1n) is 6.25. The fourth-order valence-corrected chi connectivity index (χ4v) is 2.00. The number of nitrogens with zero attached hydrogens (tertiary/aromatic N) is 1. The summed E-state index contributed by atoms with van der Waals surface area (Å²) < 4.78 is 4.68. The molecule has 0 amide bonds. The number of halogens is 1. The first kappa shape index (κ1) is 14.9. The molecule has 0 saturated carbocycles. The number of ether oxygens (including phenoxy) is 1. The summed E-state index contributed by atoms with van der Waals surface area (Å²) >= 11 is 5.96. The number of esters is 1. The summed E-state index contributed by atoms with van der Waals surface area (Å²) in [7, 11) is 1.31. The van der Waals surface area contributed by atoms with Crippen LogP contribution in [0.25, 0.3) is 0 Å². The lowest BCUT2D eigenvalue weighted by Gasteiger charge is -2.09. The Morgan fingerprint density at radius 2 is 2.00 bits per heavy atom. The predicted octanol–water partition coefficient (Wildman–Crippen LogP) is 3.61. The van der Waals surface area contributed by atoms with Crippen molar-refractivity contribution in [3.05, 3.63) is 64.2 Å². The van der Waals surface area contributed by atoms with Gasteiger partial charge in [0, 0.05) is 12.2 Å². The maximum atomic E-state index is 11.6. The van der Waals surface area contributed by atoms with Crippen LogP contribution >= 0.6 is 11.6 Å². The third-order valence-electron chi connectivity index (χ3n) is 2.95. The smallest absolute Gasteiger partial charge is 0.339 e. The van der Waals surface area contributed by atoms with Crippen LogP contribution in [-0.2, 0) is 11.3 Å². The van der Waals surface area contributed by atoms with Crippen molar-refractivity contribution in [1.29, 1.82) is 5.26 Å². The summed E-state index contributed by atoms with van der Waals surface area (Å²) in [5.74, 6) is -0.470. The molecular weight excluding hydrogens is 288 g/mol. The van der Waals surface area contributed by atoms with E-state index in [0.29, 0.717) is 22.7 Å². The predicted molar refractivity (Wildman–Crippen MR) is 81.3 cm³/mol. The van der Waals surface area contributed by atoms with Gasteiger partial charge in [0.15, 0.2) is 0 Å². The Kier molecular flexibility index (Phi) is 4.81. The number of hydrogen-bond acceptors (Lipinski definition) is 4. The molecule has 1 N–H and O–H groups in total. The minimum absolute atomic E-state index is 0.323. The molecule has 4 nitrogen and oxygen atoms in total. The summed E-state index contributed by atoms with van der Waals surface area (Å²) in [6, 6.07) is 14.4. The van der Waals surface area contributed by atoms with Gasteiger partial charge in [-0.25, -0.2) is 4.79 Å². The zero-order valence-electron chi connectivity index (χ0n) is 11.4. The Balaban J connectivity index is 2.09. The lowest BCUT2D eigenvalue weighted by Crippen LogP contribution is -2.05. The van der Waals surface area contributed by atoms with Crippen LogP contribution in [0, 0.1) is 11.3 Å². The van der Waals surface area contributed by atoms with Gasteiger partial charge in [-0.05, 0) is 35.9 Å². The van der Waals surface area contributed by atoms with Crippen molar-refractivity contribution in [1.82, 2.24) is 0 Å². The van der Waals surface area contributed by atoms with E-state index in [0.717, 1.165) is 11.3 Å². The highest BCUT2D eigenvalue weighted by Gasteiger charge is 2.11. The van der Waals surface area contributed by atoms with E-state index < -0.39 is 5.97 Å². The number of nitrogens with one attached hydrogen (secondary N) is 1. The van der Waals surface area contributed by atoms with Gasteiger partial charge in [-0.1, -0.05) is 23.7 Å². The van der Waals surface area contributed by atoms with Crippen molar-refractivity contribution >= 4 is 23.3 Å². The molecule has 0 saturated heterocycles. The second-order valence-electron chi connectivity index (χ2n) is 4.35. The van der Waals surface area contributed by atoms with Gasteiger partial charge in [0.05, 0.1) is 29.3 Å². The molecule has 0 bridgehead atoms.